The molecular formula is C15H12N2O3. The van der Waals surface area contributed by atoms with Gasteiger partial charge < -0.3 is 5.73 Å². The molecule has 20 heavy (non-hydrogen) atoms. The Morgan fingerprint density at radius 1 is 1.10 bits per heavy atom. The van der Waals surface area contributed by atoms with E-state index in [1.54, 1.807) is 42.5 Å². The Hall–Kier alpha value is -2.95. The number of benzene rings is 2. The van der Waals surface area contributed by atoms with E-state index in [9.17, 15) is 14.9 Å². The Morgan fingerprint density at radius 3 is 2.40 bits per heavy atom. The van der Waals surface area contributed by atoms with Crippen LogP contribution in [0.4, 0.5) is 11.4 Å². The van der Waals surface area contributed by atoms with Crippen LogP contribution in [0.15, 0.2) is 54.6 Å². The number of hydrogen-bond donors (Lipinski definition) is 1. The molecule has 5 nitrogen and oxygen atoms in total. The zero-order valence-electron chi connectivity index (χ0n) is 10.5. The first-order chi connectivity index (χ1) is 9.58. The number of nitro benzene ring substituents is 1. The smallest absolute Gasteiger partial charge is 0.276 e. The van der Waals surface area contributed by atoms with Crippen LogP contribution in [0.25, 0.3) is 6.08 Å². The van der Waals surface area contributed by atoms with Gasteiger partial charge in [0.2, 0.25) is 0 Å². The van der Waals surface area contributed by atoms with E-state index in [2.05, 4.69) is 0 Å². The minimum Gasteiger partial charge on any atom is -0.399 e. The van der Waals surface area contributed by atoms with Crippen LogP contribution < -0.4 is 5.73 Å². The highest BCUT2D eigenvalue weighted by molar-refractivity contribution is 6.07. The number of nitrogens with zero attached hydrogens (tertiary/aromatic N) is 1. The van der Waals surface area contributed by atoms with E-state index in [0.29, 0.717) is 16.8 Å². The van der Waals surface area contributed by atoms with Gasteiger partial charge in [-0.2, -0.15) is 0 Å². The van der Waals surface area contributed by atoms with Gasteiger partial charge in [0.15, 0.2) is 5.78 Å². The average molecular weight is 268 g/mol. The molecule has 0 aliphatic heterocycles. The molecule has 2 N–H and O–H groups in total. The molecule has 2 aromatic carbocycles. The summed E-state index contributed by atoms with van der Waals surface area (Å²) in [5.41, 5.74) is 6.95. The van der Waals surface area contributed by atoms with Crippen molar-refractivity contribution < 1.29 is 9.72 Å². The van der Waals surface area contributed by atoms with Crippen molar-refractivity contribution in [3.05, 3.63) is 75.8 Å². The number of para-hydroxylation sites is 1. The molecular weight excluding hydrogens is 256 g/mol. The Morgan fingerprint density at radius 2 is 1.75 bits per heavy atom. The topological polar surface area (TPSA) is 86.2 Å². The van der Waals surface area contributed by atoms with E-state index in [4.69, 9.17) is 5.73 Å². The lowest BCUT2D eigenvalue weighted by atomic mass is 10.1. The summed E-state index contributed by atoms with van der Waals surface area (Å²) < 4.78 is 0. The highest BCUT2D eigenvalue weighted by Crippen LogP contribution is 2.19. The summed E-state index contributed by atoms with van der Waals surface area (Å²) >= 11 is 0. The van der Waals surface area contributed by atoms with Gasteiger partial charge in [-0.3, -0.25) is 14.9 Å². The second-order valence-corrected chi connectivity index (χ2v) is 4.14. The number of nitrogen functional groups attached to an aromatic ring is 1. The summed E-state index contributed by atoms with van der Waals surface area (Å²) in [5.74, 6) is -0.233. The Kier molecular flexibility index (Phi) is 3.91. The zero-order valence-corrected chi connectivity index (χ0v) is 10.5. The SMILES string of the molecule is Nc1ccc(C(=O)C=Cc2ccccc2[N+](=O)[O-])cc1. The predicted octanol–water partition coefficient (Wildman–Crippen LogP) is 3.07. The van der Waals surface area contributed by atoms with E-state index in [1.807, 2.05) is 0 Å². The van der Waals surface area contributed by atoms with Crippen molar-refractivity contribution in [3.63, 3.8) is 0 Å². The van der Waals surface area contributed by atoms with Crippen LogP contribution in [0.1, 0.15) is 15.9 Å². The van der Waals surface area contributed by atoms with Crippen LogP contribution in [-0.2, 0) is 0 Å². The maximum Gasteiger partial charge on any atom is 0.276 e. The molecule has 0 aliphatic carbocycles. The lowest BCUT2D eigenvalue weighted by molar-refractivity contribution is -0.385. The Balaban J connectivity index is 2.23. The van der Waals surface area contributed by atoms with Gasteiger partial charge in [0.25, 0.3) is 5.69 Å². The fourth-order valence-corrected chi connectivity index (χ4v) is 1.70. The number of ketones is 1. The van der Waals surface area contributed by atoms with E-state index in [0.717, 1.165) is 0 Å². The van der Waals surface area contributed by atoms with Crippen LogP contribution in [0.5, 0.6) is 0 Å². The molecule has 0 saturated heterocycles. The third-order valence-corrected chi connectivity index (χ3v) is 2.74. The van der Waals surface area contributed by atoms with E-state index in [-0.39, 0.29) is 11.5 Å². The van der Waals surface area contributed by atoms with Gasteiger partial charge in [0.1, 0.15) is 0 Å². The molecule has 0 atom stereocenters. The molecule has 0 aliphatic rings. The Labute approximate surface area is 115 Å². The molecule has 0 saturated carbocycles. The maximum atomic E-state index is 11.9. The number of hydrogen-bond acceptors (Lipinski definition) is 4. The molecule has 2 aromatic rings. The first kappa shape index (κ1) is 13.5. The monoisotopic (exact) mass is 268 g/mol. The van der Waals surface area contributed by atoms with Crippen LogP contribution in [0, 0.1) is 10.1 Å². The summed E-state index contributed by atoms with van der Waals surface area (Å²) in [4.78, 5) is 22.3. The molecule has 0 bridgehead atoms. The van der Waals surface area contributed by atoms with E-state index >= 15 is 0 Å². The van der Waals surface area contributed by atoms with Crippen molar-refractivity contribution in [3.8, 4) is 0 Å². The van der Waals surface area contributed by atoms with E-state index < -0.39 is 4.92 Å². The predicted molar refractivity (Wildman–Crippen MR) is 77.3 cm³/mol. The fraction of sp³-hybridized carbons (Fsp3) is 0. The normalized spacial score (nSPS) is 10.6. The van der Waals surface area contributed by atoms with Crippen LogP contribution in [0.3, 0.4) is 0 Å². The molecule has 2 rings (SSSR count). The number of anilines is 1. The van der Waals surface area contributed by atoms with Gasteiger partial charge >= 0.3 is 0 Å². The van der Waals surface area contributed by atoms with Crippen LogP contribution in [0.2, 0.25) is 0 Å². The third kappa shape index (κ3) is 3.08. The lowest BCUT2D eigenvalue weighted by Gasteiger charge is -1.98. The van der Waals surface area contributed by atoms with Crippen molar-refractivity contribution in [2.75, 3.05) is 5.73 Å². The van der Waals surface area contributed by atoms with Crippen molar-refractivity contribution in [2.24, 2.45) is 0 Å². The van der Waals surface area contributed by atoms with Crippen molar-refractivity contribution >= 4 is 23.2 Å². The first-order valence-electron chi connectivity index (χ1n) is 5.89. The maximum absolute atomic E-state index is 11.9. The molecule has 0 spiro atoms. The van der Waals surface area contributed by atoms with Crippen molar-refractivity contribution in [2.45, 2.75) is 0 Å². The lowest BCUT2D eigenvalue weighted by Crippen LogP contribution is -1.95. The van der Waals surface area contributed by atoms with Gasteiger partial charge in [-0.1, -0.05) is 12.1 Å². The number of allylic oxidation sites excluding steroid dienone is 1. The van der Waals surface area contributed by atoms with Gasteiger partial charge in [-0.05, 0) is 42.5 Å². The number of nitro groups is 1. The summed E-state index contributed by atoms with van der Waals surface area (Å²) in [6.07, 6.45) is 2.75. The highest BCUT2D eigenvalue weighted by Gasteiger charge is 2.10. The second-order valence-electron chi connectivity index (χ2n) is 4.14. The van der Waals surface area contributed by atoms with E-state index in [1.165, 1.54) is 18.2 Å². The molecule has 100 valence electrons. The highest BCUT2D eigenvalue weighted by atomic mass is 16.6. The fourth-order valence-electron chi connectivity index (χ4n) is 1.70. The van der Waals surface area contributed by atoms with Gasteiger partial charge in [0.05, 0.1) is 10.5 Å². The quantitative estimate of drug-likeness (QED) is 0.303. The summed E-state index contributed by atoms with van der Waals surface area (Å²) in [6, 6.07) is 12.7. The Bertz CT molecular complexity index is 676. The number of rotatable bonds is 4. The van der Waals surface area contributed by atoms with Crippen LogP contribution in [-0.4, -0.2) is 10.7 Å². The molecule has 0 radical (unpaired) electrons. The van der Waals surface area contributed by atoms with Crippen LogP contribution >= 0.6 is 0 Å². The molecule has 0 heterocycles. The first-order valence-corrected chi connectivity index (χ1v) is 5.89. The molecule has 0 unspecified atom stereocenters. The molecule has 0 amide bonds. The minimum absolute atomic E-state index is 0.0335. The van der Waals surface area contributed by atoms with Crippen molar-refractivity contribution in [1.29, 1.82) is 0 Å². The zero-order chi connectivity index (χ0) is 14.5. The van der Waals surface area contributed by atoms with Gasteiger partial charge in [0, 0.05) is 17.3 Å². The number of carbonyl (C=O) groups excluding carboxylic acids is 1. The standard InChI is InChI=1S/C15H12N2O3/c16-13-8-5-12(6-9-13)15(18)10-7-11-3-1-2-4-14(11)17(19)20/h1-10H,16H2. The summed E-state index contributed by atoms with van der Waals surface area (Å²) in [5, 5.41) is 10.8. The number of carbonyl (C=O) groups is 1. The largest absolute Gasteiger partial charge is 0.399 e. The minimum atomic E-state index is -0.479. The third-order valence-electron chi connectivity index (χ3n) is 2.74. The van der Waals surface area contributed by atoms with Gasteiger partial charge in [-0.15, -0.1) is 0 Å². The summed E-state index contributed by atoms with van der Waals surface area (Å²) in [6.45, 7) is 0. The van der Waals surface area contributed by atoms with Gasteiger partial charge in [-0.25, -0.2) is 0 Å². The summed E-state index contributed by atoms with van der Waals surface area (Å²) in [7, 11) is 0. The molecule has 5 heteroatoms. The number of nitrogens with two attached hydrogens (primary N) is 1. The molecule has 0 fully saturated rings. The average Bonchev–Trinajstić information content (AvgIpc) is 2.45. The molecule has 0 aromatic heterocycles. The second kappa shape index (κ2) is 5.79. The van der Waals surface area contributed by atoms with Crippen molar-refractivity contribution in [1.82, 2.24) is 0 Å².